The molecule has 12 aromatic carbocycles. The molecule has 0 spiro atoms. The van der Waals surface area contributed by atoms with E-state index >= 15 is 0 Å². The molecule has 0 aliphatic carbocycles. The van der Waals surface area contributed by atoms with Crippen molar-refractivity contribution in [3.8, 4) is 62.4 Å². The molecule has 0 aliphatic heterocycles. The molecule has 0 amide bonds. The molecule has 6 aromatic heterocycles. The number of benzene rings is 12. The summed E-state index contributed by atoms with van der Waals surface area (Å²) >= 11 is 1.87. The Morgan fingerprint density at radius 1 is 0.253 bits per heavy atom. The van der Waals surface area contributed by atoms with Crippen LogP contribution in [-0.2, 0) is 0 Å². The van der Waals surface area contributed by atoms with Crippen LogP contribution in [0.1, 0.15) is 0 Å². The van der Waals surface area contributed by atoms with Gasteiger partial charge in [-0.15, -0.1) is 11.3 Å². The molecule has 0 saturated carbocycles. The van der Waals surface area contributed by atoms with E-state index in [4.69, 9.17) is 19.4 Å². The fourth-order valence-corrected chi connectivity index (χ4v) is 14.2. The van der Waals surface area contributed by atoms with Gasteiger partial charge in [0.05, 0.1) is 33.1 Å². The van der Waals surface area contributed by atoms with E-state index in [0.717, 1.165) is 105 Å². The van der Waals surface area contributed by atoms with E-state index in [0.29, 0.717) is 17.6 Å². The molecule has 83 heavy (non-hydrogen) atoms. The predicted molar refractivity (Wildman–Crippen MR) is 345 cm³/mol. The summed E-state index contributed by atoms with van der Waals surface area (Å²) in [6.07, 6.45) is 0. The van der Waals surface area contributed by atoms with Gasteiger partial charge in [0.1, 0.15) is 11.2 Å². The molecule has 7 nitrogen and oxygen atoms in total. The topological polar surface area (TPSA) is 66.6 Å². The third-order valence-electron chi connectivity index (χ3n) is 16.9. The van der Waals surface area contributed by atoms with Gasteiger partial charge in [0.25, 0.3) is 0 Å². The highest BCUT2D eigenvalue weighted by Gasteiger charge is 2.23. The third kappa shape index (κ3) is 7.06. The van der Waals surface area contributed by atoms with E-state index in [-0.39, 0.29) is 0 Å². The Balaban J connectivity index is 0.821. The van der Waals surface area contributed by atoms with Gasteiger partial charge in [0.15, 0.2) is 11.6 Å². The number of para-hydroxylation sites is 3. The number of aromatic nitrogens is 6. The maximum atomic E-state index is 6.63. The highest BCUT2D eigenvalue weighted by atomic mass is 32.1. The maximum Gasteiger partial charge on any atom is 0.238 e. The Kier molecular flexibility index (Phi) is 9.83. The fourth-order valence-electron chi connectivity index (χ4n) is 13.0. The SMILES string of the molecule is c1ccc(-c2nc(-c3ccccc3)nc(-n3c4ccc(-c5ccc6oc7ccc(-c8ccc9c(c8)c8cc%10sc%11ccccc%11c%10cc8n9-c8ccccc8)cc7c6c5)cc4c4cc5c(cc43)c3ccccc3n5-c3ccccc3)n2)cc1. The van der Waals surface area contributed by atoms with Crippen molar-refractivity contribution in [1.82, 2.24) is 28.7 Å². The van der Waals surface area contributed by atoms with Crippen LogP contribution < -0.4 is 0 Å². The minimum Gasteiger partial charge on any atom is -0.456 e. The summed E-state index contributed by atoms with van der Waals surface area (Å²) in [5.74, 6) is 1.77. The number of nitrogens with zero attached hydrogens (tertiary/aromatic N) is 6. The number of thiophene rings is 1. The lowest BCUT2D eigenvalue weighted by Crippen LogP contribution is -2.06. The van der Waals surface area contributed by atoms with E-state index in [1.807, 2.05) is 47.7 Å². The molecule has 386 valence electrons. The molecule has 0 unspecified atom stereocenters. The summed E-state index contributed by atoms with van der Waals surface area (Å²) in [6, 6.07) is 95.8. The molecule has 18 rings (SSSR count). The number of furan rings is 1. The summed E-state index contributed by atoms with van der Waals surface area (Å²) in [5.41, 5.74) is 16.9. The van der Waals surface area contributed by atoms with Crippen LogP contribution in [-0.4, -0.2) is 28.7 Å². The summed E-state index contributed by atoms with van der Waals surface area (Å²) in [7, 11) is 0. The van der Waals surface area contributed by atoms with Crippen LogP contribution in [0.15, 0.2) is 271 Å². The zero-order valence-electron chi connectivity index (χ0n) is 44.4. The number of hydrogen-bond donors (Lipinski definition) is 0. The summed E-state index contributed by atoms with van der Waals surface area (Å²) in [4.78, 5) is 15.7. The molecule has 18 aromatic rings. The van der Waals surface area contributed by atoms with Crippen molar-refractivity contribution < 1.29 is 4.42 Å². The molecule has 0 atom stereocenters. The molecule has 0 saturated heterocycles. The van der Waals surface area contributed by atoms with Gasteiger partial charge < -0.3 is 13.6 Å². The van der Waals surface area contributed by atoms with E-state index in [2.05, 4.69) is 244 Å². The Morgan fingerprint density at radius 2 is 0.663 bits per heavy atom. The fraction of sp³-hybridized carbons (Fsp3) is 0. The lowest BCUT2D eigenvalue weighted by molar-refractivity contribution is 0.669. The lowest BCUT2D eigenvalue weighted by Gasteiger charge is -2.11. The second kappa shape index (κ2) is 17.8. The Bertz CT molecular complexity index is 5620. The van der Waals surface area contributed by atoms with E-state index in [1.54, 1.807) is 0 Å². The standard InChI is InChI=1S/C75H44N6OS/c1-5-17-45(18-6-1)73-76-74(46-19-7-2-8-20-46)78-75(77-73)81-65-34-30-48(37-55(65)58-42-66-57(41-68(58)81)53-25-13-15-27-63(53)79(66)51-21-9-3-10-22-51)50-32-36-70-61(40-50)60-39-49(31-35-69(60)82-70)47-29-33-64-56(38-47)59-44-72-62(54-26-14-16-28-71(54)83-72)43-67(59)80(64)52-23-11-4-12-24-52/h1-44H. The van der Waals surface area contributed by atoms with Crippen molar-refractivity contribution in [1.29, 1.82) is 0 Å². The third-order valence-corrected chi connectivity index (χ3v) is 18.0. The van der Waals surface area contributed by atoms with Crippen LogP contribution in [0.25, 0.3) is 170 Å². The molecule has 0 N–H and O–H groups in total. The van der Waals surface area contributed by atoms with Crippen LogP contribution in [0.2, 0.25) is 0 Å². The number of rotatable bonds is 7. The Morgan fingerprint density at radius 3 is 1.24 bits per heavy atom. The van der Waals surface area contributed by atoms with E-state index in [1.165, 1.54) is 47.4 Å². The molecule has 0 aliphatic rings. The van der Waals surface area contributed by atoms with Gasteiger partial charge in [0.2, 0.25) is 5.95 Å². The number of hydrogen-bond acceptors (Lipinski definition) is 5. The summed E-state index contributed by atoms with van der Waals surface area (Å²) in [6.45, 7) is 0. The zero-order valence-corrected chi connectivity index (χ0v) is 45.2. The average molecular weight is 1080 g/mol. The summed E-state index contributed by atoms with van der Waals surface area (Å²) < 4.78 is 16.3. The van der Waals surface area contributed by atoms with Crippen LogP contribution >= 0.6 is 11.3 Å². The van der Waals surface area contributed by atoms with Gasteiger partial charge in [-0.1, -0.05) is 158 Å². The van der Waals surface area contributed by atoms with Crippen molar-refractivity contribution >= 4 is 119 Å². The quantitative estimate of drug-likeness (QED) is 0.159. The van der Waals surface area contributed by atoms with Crippen molar-refractivity contribution in [2.75, 3.05) is 0 Å². The second-order valence-electron chi connectivity index (χ2n) is 21.5. The van der Waals surface area contributed by atoms with Crippen molar-refractivity contribution in [3.63, 3.8) is 0 Å². The van der Waals surface area contributed by atoms with E-state index in [9.17, 15) is 0 Å². The maximum absolute atomic E-state index is 6.63. The van der Waals surface area contributed by atoms with E-state index < -0.39 is 0 Å². The first-order valence-electron chi connectivity index (χ1n) is 28.0. The van der Waals surface area contributed by atoms with Gasteiger partial charge in [0, 0.05) is 85.8 Å². The monoisotopic (exact) mass is 1080 g/mol. The normalized spacial score (nSPS) is 12.1. The average Bonchev–Trinajstić information content (AvgIpc) is 4.20. The molecule has 0 radical (unpaired) electrons. The highest BCUT2D eigenvalue weighted by Crippen LogP contribution is 2.45. The first kappa shape index (κ1) is 45.9. The van der Waals surface area contributed by atoms with Gasteiger partial charge in [-0.2, -0.15) is 9.97 Å². The minimum atomic E-state index is 0.549. The molecular formula is C75H44N6OS. The highest BCUT2D eigenvalue weighted by molar-refractivity contribution is 7.25. The van der Waals surface area contributed by atoms with Crippen LogP contribution in [0.3, 0.4) is 0 Å². The first-order valence-corrected chi connectivity index (χ1v) is 28.8. The lowest BCUT2D eigenvalue weighted by atomic mass is 9.98. The smallest absolute Gasteiger partial charge is 0.238 e. The Labute approximate surface area is 478 Å². The van der Waals surface area contributed by atoms with Gasteiger partial charge in [-0.25, -0.2) is 4.98 Å². The van der Waals surface area contributed by atoms with Crippen LogP contribution in [0.4, 0.5) is 0 Å². The van der Waals surface area contributed by atoms with Gasteiger partial charge in [-0.05, 0) is 131 Å². The van der Waals surface area contributed by atoms with Crippen LogP contribution in [0, 0.1) is 0 Å². The second-order valence-corrected chi connectivity index (χ2v) is 22.6. The molecule has 0 bridgehead atoms. The summed E-state index contributed by atoms with van der Waals surface area (Å²) in [5, 5.41) is 11.7. The largest absolute Gasteiger partial charge is 0.456 e. The molecule has 0 fully saturated rings. The molecular weight excluding hydrogens is 1030 g/mol. The zero-order chi connectivity index (χ0) is 54.3. The number of fused-ring (bicyclic) bond motifs is 15. The van der Waals surface area contributed by atoms with Crippen LogP contribution in [0.5, 0.6) is 0 Å². The first-order chi connectivity index (χ1) is 41.1. The van der Waals surface area contributed by atoms with Gasteiger partial charge >= 0.3 is 0 Å². The van der Waals surface area contributed by atoms with Crippen molar-refractivity contribution in [2.24, 2.45) is 0 Å². The Hall–Kier alpha value is -10.9. The van der Waals surface area contributed by atoms with Crippen molar-refractivity contribution in [2.45, 2.75) is 0 Å². The van der Waals surface area contributed by atoms with Crippen molar-refractivity contribution in [3.05, 3.63) is 267 Å². The molecule has 8 heteroatoms. The minimum absolute atomic E-state index is 0.549. The molecule has 6 heterocycles. The predicted octanol–water partition coefficient (Wildman–Crippen LogP) is 20.1. The van der Waals surface area contributed by atoms with Gasteiger partial charge in [-0.3, -0.25) is 4.57 Å².